The number of ether oxygens (including phenoxy) is 1. The number of hydrogen-bond acceptors (Lipinski definition) is 10. The molecule has 0 saturated carbocycles. The first-order valence-corrected chi connectivity index (χ1v) is 8.67. The number of anilines is 2. The highest BCUT2D eigenvalue weighted by atomic mass is 16.6. The number of aromatic nitrogens is 4. The Kier molecular flexibility index (Phi) is 5.14. The van der Waals surface area contributed by atoms with Gasteiger partial charge in [-0.2, -0.15) is 10.1 Å². The van der Waals surface area contributed by atoms with Crippen LogP contribution in [0.15, 0.2) is 58.3 Å². The summed E-state index contributed by atoms with van der Waals surface area (Å²) in [6.07, 6.45) is 1.45. The maximum Gasteiger partial charge on any atom is 0.245 e. The molecular formula is C19H17N7O3. The Bertz CT molecular complexity index is 1150. The Labute approximate surface area is 165 Å². The average Bonchev–Trinajstić information content (AvgIpc) is 3.21. The summed E-state index contributed by atoms with van der Waals surface area (Å²) in [5, 5.41) is 24.7. The highest BCUT2D eigenvalue weighted by molar-refractivity contribution is 5.85. The number of aromatic hydroxyl groups is 1. The van der Waals surface area contributed by atoms with Crippen molar-refractivity contribution in [2.75, 3.05) is 17.9 Å². The van der Waals surface area contributed by atoms with E-state index in [1.54, 1.807) is 19.2 Å². The molecule has 10 heteroatoms. The van der Waals surface area contributed by atoms with E-state index in [-0.39, 0.29) is 17.0 Å². The minimum Gasteiger partial charge on any atom is -0.507 e. The van der Waals surface area contributed by atoms with Crippen LogP contribution < -0.4 is 15.5 Å². The smallest absolute Gasteiger partial charge is 0.245 e. The Morgan fingerprint density at radius 1 is 1.07 bits per heavy atom. The molecule has 0 atom stereocenters. The lowest BCUT2D eigenvalue weighted by atomic mass is 10.2. The Balaban J connectivity index is 1.57. The molecule has 0 fully saturated rings. The molecule has 3 N–H and O–H groups in total. The molecule has 4 aromatic rings. The first-order valence-electron chi connectivity index (χ1n) is 8.67. The third kappa shape index (κ3) is 4.21. The number of nitrogens with zero attached hydrogens (tertiary/aromatic N) is 5. The van der Waals surface area contributed by atoms with Gasteiger partial charge in [-0.1, -0.05) is 30.3 Å². The molecule has 2 aromatic carbocycles. The number of nitrogens with one attached hydrogen (secondary N) is 2. The molecule has 0 amide bonds. The molecule has 2 heterocycles. The van der Waals surface area contributed by atoms with Gasteiger partial charge in [-0.25, -0.2) is 9.61 Å². The Morgan fingerprint density at radius 2 is 1.83 bits per heavy atom. The molecule has 0 aliphatic carbocycles. The monoisotopic (exact) mass is 391 g/mol. The molecule has 0 saturated heterocycles. The van der Waals surface area contributed by atoms with Crippen molar-refractivity contribution >= 4 is 29.1 Å². The van der Waals surface area contributed by atoms with Gasteiger partial charge in [-0.15, -0.1) is 0 Å². The SMILES string of the molecule is COc1ccc(O)c(C=NNc2nc3nonc3nc2NCc2ccccc2)c1. The average molecular weight is 391 g/mol. The van der Waals surface area contributed by atoms with Crippen LogP contribution in [-0.4, -0.2) is 38.7 Å². The minimum atomic E-state index is 0.0704. The van der Waals surface area contributed by atoms with Crippen molar-refractivity contribution in [3.8, 4) is 11.5 Å². The molecule has 146 valence electrons. The fourth-order valence-electron chi connectivity index (χ4n) is 2.55. The fourth-order valence-corrected chi connectivity index (χ4v) is 2.55. The zero-order chi connectivity index (χ0) is 20.1. The van der Waals surface area contributed by atoms with Crippen molar-refractivity contribution in [3.63, 3.8) is 0 Å². The molecule has 2 aromatic heterocycles. The predicted octanol–water partition coefficient (Wildman–Crippen LogP) is 2.79. The summed E-state index contributed by atoms with van der Waals surface area (Å²) in [4.78, 5) is 8.70. The van der Waals surface area contributed by atoms with Gasteiger partial charge in [0.25, 0.3) is 0 Å². The van der Waals surface area contributed by atoms with Crippen LogP contribution in [0.5, 0.6) is 11.5 Å². The lowest BCUT2D eigenvalue weighted by Gasteiger charge is -2.09. The van der Waals surface area contributed by atoms with Crippen LogP contribution in [-0.2, 0) is 6.54 Å². The van der Waals surface area contributed by atoms with Crippen molar-refractivity contribution in [3.05, 3.63) is 59.7 Å². The quantitative estimate of drug-likeness (QED) is 0.321. The number of methoxy groups -OCH3 is 1. The van der Waals surface area contributed by atoms with Crippen LogP contribution in [0, 0.1) is 0 Å². The van der Waals surface area contributed by atoms with Crippen LogP contribution >= 0.6 is 0 Å². The molecule has 0 aliphatic rings. The number of hydrazone groups is 1. The van der Waals surface area contributed by atoms with Gasteiger partial charge in [0, 0.05) is 12.1 Å². The number of fused-ring (bicyclic) bond motifs is 1. The summed E-state index contributed by atoms with van der Waals surface area (Å²) >= 11 is 0. The van der Waals surface area contributed by atoms with Gasteiger partial charge in [0.2, 0.25) is 11.3 Å². The summed E-state index contributed by atoms with van der Waals surface area (Å²) < 4.78 is 9.84. The van der Waals surface area contributed by atoms with Crippen LogP contribution in [0.3, 0.4) is 0 Å². The van der Waals surface area contributed by atoms with E-state index < -0.39 is 0 Å². The molecule has 29 heavy (non-hydrogen) atoms. The summed E-state index contributed by atoms with van der Waals surface area (Å²) in [6, 6.07) is 14.7. The number of phenols is 1. The first kappa shape index (κ1) is 18.2. The normalized spacial score (nSPS) is 11.1. The van der Waals surface area contributed by atoms with E-state index in [1.165, 1.54) is 12.3 Å². The second-order valence-corrected chi connectivity index (χ2v) is 5.97. The minimum absolute atomic E-state index is 0.0704. The third-order valence-corrected chi connectivity index (χ3v) is 4.03. The highest BCUT2D eigenvalue weighted by Gasteiger charge is 2.12. The van der Waals surface area contributed by atoms with Crippen LogP contribution in [0.25, 0.3) is 11.3 Å². The van der Waals surface area contributed by atoms with Gasteiger partial charge in [-0.3, -0.25) is 5.43 Å². The predicted molar refractivity (Wildman–Crippen MR) is 107 cm³/mol. The van der Waals surface area contributed by atoms with E-state index in [2.05, 4.69) is 40.8 Å². The number of hydrogen-bond donors (Lipinski definition) is 3. The van der Waals surface area contributed by atoms with Crippen LogP contribution in [0.1, 0.15) is 11.1 Å². The summed E-state index contributed by atoms with van der Waals surface area (Å²) in [5.74, 6) is 1.44. The van der Waals surface area contributed by atoms with E-state index in [1.807, 2.05) is 30.3 Å². The van der Waals surface area contributed by atoms with E-state index in [0.717, 1.165) is 5.56 Å². The lowest BCUT2D eigenvalue weighted by Crippen LogP contribution is -2.07. The fraction of sp³-hybridized carbons (Fsp3) is 0.105. The van der Waals surface area contributed by atoms with E-state index in [4.69, 9.17) is 4.74 Å². The second kappa shape index (κ2) is 8.21. The second-order valence-electron chi connectivity index (χ2n) is 5.97. The molecule has 0 spiro atoms. The third-order valence-electron chi connectivity index (χ3n) is 4.03. The van der Waals surface area contributed by atoms with E-state index in [9.17, 15) is 5.11 Å². The zero-order valence-corrected chi connectivity index (χ0v) is 15.4. The maximum absolute atomic E-state index is 9.96. The lowest BCUT2D eigenvalue weighted by molar-refractivity contribution is 0.314. The van der Waals surface area contributed by atoms with Crippen molar-refractivity contribution in [2.45, 2.75) is 6.54 Å². The van der Waals surface area contributed by atoms with Gasteiger partial charge in [0.1, 0.15) is 11.5 Å². The topological polar surface area (TPSA) is 131 Å². The van der Waals surface area contributed by atoms with E-state index in [0.29, 0.717) is 29.5 Å². The molecule has 0 radical (unpaired) electrons. The number of phenolic OH excluding ortho intramolecular Hbond substituents is 1. The summed E-state index contributed by atoms with van der Waals surface area (Å²) in [7, 11) is 1.55. The number of rotatable bonds is 7. The molecular weight excluding hydrogens is 374 g/mol. The van der Waals surface area contributed by atoms with Gasteiger partial charge < -0.3 is 15.2 Å². The highest BCUT2D eigenvalue weighted by Crippen LogP contribution is 2.22. The van der Waals surface area contributed by atoms with Crippen molar-refractivity contribution in [2.24, 2.45) is 5.10 Å². The molecule has 4 rings (SSSR count). The molecule has 0 unspecified atom stereocenters. The zero-order valence-electron chi connectivity index (χ0n) is 15.4. The van der Waals surface area contributed by atoms with Crippen LogP contribution in [0.4, 0.5) is 11.6 Å². The standard InChI is InChI=1S/C19H17N7O3/c1-28-14-7-8-15(27)13(9-14)11-21-24-17-16(20-10-12-5-3-2-4-6-12)22-18-19(23-17)26-29-25-18/h2-9,11,27H,10H2,1H3,(H,20,22,25)(H,23,24,26). The van der Waals surface area contributed by atoms with Crippen molar-refractivity contribution < 1.29 is 14.5 Å². The van der Waals surface area contributed by atoms with Gasteiger partial charge in [0.05, 0.1) is 13.3 Å². The summed E-state index contributed by atoms with van der Waals surface area (Å²) in [6.45, 7) is 0.529. The van der Waals surface area contributed by atoms with Crippen molar-refractivity contribution in [1.82, 2.24) is 20.3 Å². The van der Waals surface area contributed by atoms with Gasteiger partial charge in [-0.05, 0) is 34.1 Å². The van der Waals surface area contributed by atoms with Gasteiger partial charge in [0.15, 0.2) is 11.6 Å². The van der Waals surface area contributed by atoms with Crippen LogP contribution in [0.2, 0.25) is 0 Å². The Hall–Kier alpha value is -4.21. The largest absolute Gasteiger partial charge is 0.507 e. The molecule has 0 aliphatic heterocycles. The Morgan fingerprint density at radius 3 is 2.59 bits per heavy atom. The first-order chi connectivity index (χ1) is 14.2. The van der Waals surface area contributed by atoms with Crippen molar-refractivity contribution in [1.29, 1.82) is 0 Å². The van der Waals surface area contributed by atoms with Gasteiger partial charge >= 0.3 is 0 Å². The number of benzene rings is 2. The van der Waals surface area contributed by atoms with E-state index >= 15 is 0 Å². The molecule has 0 bridgehead atoms. The molecule has 10 nitrogen and oxygen atoms in total. The maximum atomic E-state index is 9.96. The summed E-state index contributed by atoms with van der Waals surface area (Å²) in [5.41, 5.74) is 4.89.